The molecule has 0 aromatic carbocycles. The van der Waals surface area contributed by atoms with E-state index in [9.17, 15) is 4.79 Å². The molecule has 0 amide bonds. The number of allylic oxidation sites excluding steroid dienone is 1. The molecule has 0 heterocycles. The van der Waals surface area contributed by atoms with E-state index in [1.807, 2.05) is 25.6 Å². The van der Waals surface area contributed by atoms with Crippen molar-refractivity contribution in [1.82, 2.24) is 0 Å². The summed E-state index contributed by atoms with van der Waals surface area (Å²) in [5.74, 6) is -0.284. The van der Waals surface area contributed by atoms with Crippen molar-refractivity contribution in [3.05, 3.63) is 35.8 Å². The molecule has 0 bridgehead atoms. The van der Waals surface area contributed by atoms with Crippen molar-refractivity contribution in [2.24, 2.45) is 10.8 Å². The van der Waals surface area contributed by atoms with Crippen LogP contribution in [0, 0.1) is 10.8 Å². The number of ether oxygens (including phenoxy) is 1. The summed E-state index contributed by atoms with van der Waals surface area (Å²) in [7, 11) is 0. The molecule has 0 aliphatic carbocycles. The van der Waals surface area contributed by atoms with Gasteiger partial charge in [-0.05, 0) is 62.9 Å². The van der Waals surface area contributed by atoms with Crippen molar-refractivity contribution in [3.63, 3.8) is 0 Å². The molecule has 0 N–H and O–H groups in total. The zero-order chi connectivity index (χ0) is 22.1. The highest BCUT2D eigenvalue weighted by atomic mass is 32.2. The number of carbonyl (C=O) groups excluding carboxylic acids is 1. The summed E-state index contributed by atoms with van der Waals surface area (Å²) >= 11 is 1.86. The number of thioether (sulfide) groups is 1. The van der Waals surface area contributed by atoms with Crippen molar-refractivity contribution < 1.29 is 9.53 Å². The molecular formula is C25H44O2S. The van der Waals surface area contributed by atoms with Gasteiger partial charge in [-0.15, -0.1) is 11.8 Å². The number of hydrogen-bond donors (Lipinski definition) is 0. The summed E-state index contributed by atoms with van der Waals surface area (Å²) in [6.07, 6.45) is 6.56. The first-order chi connectivity index (χ1) is 12.8. The molecule has 0 aliphatic rings. The second-order valence-electron chi connectivity index (χ2n) is 9.19. The van der Waals surface area contributed by atoms with Gasteiger partial charge < -0.3 is 4.74 Å². The largest absolute Gasteiger partial charge is 0.459 e. The maximum Gasteiger partial charge on any atom is 0.333 e. The zero-order valence-corrected chi connectivity index (χ0v) is 20.6. The lowest BCUT2D eigenvalue weighted by molar-refractivity contribution is -0.144. The molecule has 2 nitrogen and oxygen atoms in total. The number of carbonyl (C=O) groups is 1. The highest BCUT2D eigenvalue weighted by molar-refractivity contribution is 8.03. The van der Waals surface area contributed by atoms with Crippen LogP contribution in [0.5, 0.6) is 0 Å². The fourth-order valence-corrected chi connectivity index (χ4v) is 4.68. The molecule has 0 aromatic heterocycles. The number of esters is 1. The minimum Gasteiger partial charge on any atom is -0.459 e. The Hall–Kier alpha value is -0.960. The summed E-state index contributed by atoms with van der Waals surface area (Å²) in [6, 6.07) is 0. The molecule has 0 saturated heterocycles. The Morgan fingerprint density at radius 1 is 1.00 bits per heavy atom. The van der Waals surface area contributed by atoms with Gasteiger partial charge in [0.2, 0.25) is 0 Å². The first kappa shape index (κ1) is 27.0. The maximum atomic E-state index is 11.8. The molecule has 0 saturated carbocycles. The molecule has 0 aromatic rings. The molecule has 3 heteroatoms. The maximum absolute atomic E-state index is 11.8. The van der Waals surface area contributed by atoms with E-state index in [4.69, 9.17) is 4.74 Å². The molecule has 0 spiro atoms. The van der Waals surface area contributed by atoms with Crippen molar-refractivity contribution >= 4 is 17.7 Å². The molecule has 0 aliphatic heterocycles. The van der Waals surface area contributed by atoms with E-state index in [1.54, 1.807) is 6.92 Å². The summed E-state index contributed by atoms with van der Waals surface area (Å²) < 4.78 is 5.52. The molecule has 28 heavy (non-hydrogen) atoms. The highest BCUT2D eigenvalue weighted by Gasteiger charge is 2.32. The summed E-state index contributed by atoms with van der Waals surface area (Å²) in [6.45, 7) is 29.1. The predicted octanol–water partition coefficient (Wildman–Crippen LogP) is 8.10. The summed E-state index contributed by atoms with van der Waals surface area (Å²) in [5.41, 5.74) is 1.98. The summed E-state index contributed by atoms with van der Waals surface area (Å²) in [4.78, 5) is 12.9. The van der Waals surface area contributed by atoms with Gasteiger partial charge in [-0.1, -0.05) is 67.2 Å². The Labute approximate surface area is 179 Å². The molecule has 162 valence electrons. The van der Waals surface area contributed by atoms with Gasteiger partial charge in [-0.25, -0.2) is 4.79 Å². The molecule has 4 unspecified atom stereocenters. The fourth-order valence-electron chi connectivity index (χ4n) is 3.48. The highest BCUT2D eigenvalue weighted by Crippen LogP contribution is 2.44. The van der Waals surface area contributed by atoms with Crippen LogP contribution in [0.3, 0.4) is 0 Å². The third kappa shape index (κ3) is 9.03. The third-order valence-corrected chi connectivity index (χ3v) is 7.96. The average Bonchev–Trinajstić information content (AvgIpc) is 2.60. The van der Waals surface area contributed by atoms with Gasteiger partial charge in [0.25, 0.3) is 0 Å². The van der Waals surface area contributed by atoms with Gasteiger partial charge in [0.1, 0.15) is 0 Å². The SMILES string of the molecule is C=C(C)C(=C)SC(C)C(C)(CC)CCCC(C)(CC)CC(C)OC(=O)C(=C)C. The van der Waals surface area contributed by atoms with Gasteiger partial charge in [0.05, 0.1) is 6.10 Å². The quantitative estimate of drug-likeness (QED) is 0.165. The Balaban J connectivity index is 4.82. The smallest absolute Gasteiger partial charge is 0.333 e. The number of hydrogen-bond acceptors (Lipinski definition) is 3. The van der Waals surface area contributed by atoms with Gasteiger partial charge in [0, 0.05) is 15.7 Å². The fraction of sp³-hybridized carbons (Fsp3) is 0.720. The van der Waals surface area contributed by atoms with Crippen LogP contribution in [0.25, 0.3) is 0 Å². The van der Waals surface area contributed by atoms with Crippen LogP contribution in [-0.4, -0.2) is 17.3 Å². The first-order valence-corrected chi connectivity index (χ1v) is 11.6. The van der Waals surface area contributed by atoms with Gasteiger partial charge >= 0.3 is 5.97 Å². The standard InChI is InChI=1S/C25H44O2S/c1-12-24(10,17-20(7)27-23(26)19(5)6)15-14-16-25(11,13-2)22(9)28-21(8)18(3)4/h20,22H,3,5,8,12-17H2,1-2,4,6-7,9-11H3. The zero-order valence-electron chi connectivity index (χ0n) is 19.7. The van der Waals surface area contributed by atoms with E-state index < -0.39 is 0 Å². The van der Waals surface area contributed by atoms with Crippen LogP contribution in [-0.2, 0) is 9.53 Å². The van der Waals surface area contributed by atoms with E-state index in [1.165, 1.54) is 12.8 Å². The second kappa shape index (κ2) is 11.9. The van der Waals surface area contributed by atoms with Crippen LogP contribution in [0.15, 0.2) is 35.8 Å². The summed E-state index contributed by atoms with van der Waals surface area (Å²) in [5, 5.41) is 0.505. The van der Waals surface area contributed by atoms with Crippen LogP contribution in [0.1, 0.15) is 93.9 Å². The Bertz CT molecular complexity index is 565. The van der Waals surface area contributed by atoms with Crippen LogP contribution in [0.2, 0.25) is 0 Å². The lowest BCUT2D eigenvalue weighted by Gasteiger charge is -2.37. The normalized spacial score (nSPS) is 17.7. The van der Waals surface area contributed by atoms with Crippen molar-refractivity contribution in [2.75, 3.05) is 0 Å². The molecular weight excluding hydrogens is 364 g/mol. The van der Waals surface area contributed by atoms with Crippen molar-refractivity contribution in [2.45, 2.75) is 105 Å². The van der Waals surface area contributed by atoms with Gasteiger partial charge in [0.15, 0.2) is 0 Å². The van der Waals surface area contributed by atoms with Crippen molar-refractivity contribution in [1.29, 1.82) is 0 Å². The Morgan fingerprint density at radius 2 is 1.57 bits per heavy atom. The van der Waals surface area contributed by atoms with Gasteiger partial charge in [-0.3, -0.25) is 0 Å². The first-order valence-electron chi connectivity index (χ1n) is 10.7. The van der Waals surface area contributed by atoms with E-state index in [2.05, 4.69) is 54.4 Å². The third-order valence-electron chi connectivity index (χ3n) is 6.40. The molecule has 4 atom stereocenters. The molecule has 0 fully saturated rings. The number of rotatable bonds is 14. The lowest BCUT2D eigenvalue weighted by Crippen LogP contribution is -2.29. The van der Waals surface area contributed by atoms with E-state index in [0.29, 0.717) is 10.8 Å². The van der Waals surface area contributed by atoms with E-state index >= 15 is 0 Å². The topological polar surface area (TPSA) is 26.3 Å². The minimum atomic E-state index is -0.284. The second-order valence-corrected chi connectivity index (χ2v) is 10.6. The van der Waals surface area contributed by atoms with Gasteiger partial charge in [-0.2, -0.15) is 0 Å². The lowest BCUT2D eigenvalue weighted by atomic mass is 9.74. The monoisotopic (exact) mass is 408 g/mol. The van der Waals surface area contributed by atoms with Crippen LogP contribution < -0.4 is 0 Å². The van der Waals surface area contributed by atoms with Crippen LogP contribution in [0.4, 0.5) is 0 Å². The molecule has 0 radical (unpaired) electrons. The average molecular weight is 409 g/mol. The minimum absolute atomic E-state index is 0.0833. The Kier molecular flexibility index (Phi) is 11.5. The van der Waals surface area contributed by atoms with E-state index in [0.717, 1.165) is 36.2 Å². The van der Waals surface area contributed by atoms with E-state index in [-0.39, 0.29) is 22.9 Å². The Morgan fingerprint density at radius 3 is 2.00 bits per heavy atom. The van der Waals surface area contributed by atoms with Crippen LogP contribution >= 0.6 is 11.8 Å². The van der Waals surface area contributed by atoms with Crippen molar-refractivity contribution in [3.8, 4) is 0 Å². The molecule has 0 rings (SSSR count). The predicted molar refractivity (Wildman–Crippen MR) is 127 cm³/mol.